The average Bonchev–Trinajstić information content (AvgIpc) is 3.30. The van der Waals surface area contributed by atoms with E-state index in [1.807, 2.05) is 7.05 Å². The summed E-state index contributed by atoms with van der Waals surface area (Å²) in [4.78, 5) is 56.7. The molecule has 4 aliphatic carbocycles. The number of ketones is 1. The SMILES string of the molecule is CCCCC(NC)C(=O)O[C@H]1C[C@]2(C)[C@@H](C(C)=O)CC[C@H]2[C@@H]2CC[C@H]3C[C@H](O)[C@@H](Br)C[C@]3(C)[C@H]21.O=C(O)CC(O)(CC(=O)O)C(=O)O. The van der Waals surface area contributed by atoms with Gasteiger partial charge in [-0.1, -0.05) is 49.5 Å². The molecule has 12 nitrogen and oxygen atoms in total. The van der Waals surface area contributed by atoms with Crippen molar-refractivity contribution in [3.05, 3.63) is 0 Å². The van der Waals surface area contributed by atoms with Crippen LogP contribution in [0.25, 0.3) is 0 Å². The highest BCUT2D eigenvalue weighted by Crippen LogP contribution is 2.68. The van der Waals surface area contributed by atoms with Crippen LogP contribution >= 0.6 is 15.9 Å². The summed E-state index contributed by atoms with van der Waals surface area (Å²) in [5.41, 5.74) is -2.81. The zero-order valence-electron chi connectivity index (χ0n) is 28.2. The van der Waals surface area contributed by atoms with Crippen LogP contribution in [0.15, 0.2) is 0 Å². The van der Waals surface area contributed by atoms with Gasteiger partial charge in [0.2, 0.25) is 0 Å². The first-order valence-electron chi connectivity index (χ1n) is 16.9. The van der Waals surface area contributed by atoms with Crippen LogP contribution in [0.3, 0.4) is 0 Å². The summed E-state index contributed by atoms with van der Waals surface area (Å²) in [5.74, 6) is -3.05. The first kappa shape index (κ1) is 39.3. The minimum Gasteiger partial charge on any atom is -0.481 e. The Morgan fingerprint density at radius 2 is 1.60 bits per heavy atom. The van der Waals surface area contributed by atoms with Gasteiger partial charge >= 0.3 is 23.9 Å². The Hall–Kier alpha value is -2.09. The third-order valence-corrected chi connectivity index (χ3v) is 13.0. The summed E-state index contributed by atoms with van der Waals surface area (Å²) < 4.78 is 6.50. The molecule has 4 saturated carbocycles. The Kier molecular flexibility index (Phi) is 13.1. The molecule has 0 aromatic heterocycles. The molecule has 0 heterocycles. The molecule has 4 fully saturated rings. The number of aliphatic hydroxyl groups excluding tert-OH is 1. The van der Waals surface area contributed by atoms with Gasteiger partial charge in [0.05, 0.1) is 18.9 Å². The third kappa shape index (κ3) is 8.38. The van der Waals surface area contributed by atoms with Crippen molar-refractivity contribution in [2.24, 2.45) is 40.4 Å². The van der Waals surface area contributed by atoms with Gasteiger partial charge in [0.15, 0.2) is 5.60 Å². The van der Waals surface area contributed by atoms with Gasteiger partial charge in [-0.2, -0.15) is 0 Å². The van der Waals surface area contributed by atoms with Crippen molar-refractivity contribution in [1.82, 2.24) is 5.32 Å². The second kappa shape index (κ2) is 15.6. The fraction of sp³-hybridized carbons (Fsp3) is 0.853. The number of carbonyl (C=O) groups excluding carboxylic acids is 2. The highest BCUT2D eigenvalue weighted by molar-refractivity contribution is 9.09. The van der Waals surface area contributed by atoms with E-state index in [4.69, 9.17) is 25.2 Å². The molecular formula is C34H54BrNO11. The van der Waals surface area contributed by atoms with E-state index < -0.39 is 36.4 Å². The summed E-state index contributed by atoms with van der Waals surface area (Å²) in [6.45, 7) is 8.61. The number of halogens is 1. The van der Waals surface area contributed by atoms with Crippen LogP contribution in [0.1, 0.15) is 105 Å². The Morgan fingerprint density at radius 1 is 0.979 bits per heavy atom. The van der Waals surface area contributed by atoms with Crippen LogP contribution < -0.4 is 5.32 Å². The number of carboxylic acids is 3. The lowest BCUT2D eigenvalue weighted by Crippen LogP contribution is -2.61. The maximum absolute atomic E-state index is 13.4. The predicted octanol–water partition coefficient (Wildman–Crippen LogP) is 4.02. The van der Waals surface area contributed by atoms with Crippen LogP contribution in [0.5, 0.6) is 0 Å². The van der Waals surface area contributed by atoms with Gasteiger partial charge < -0.3 is 35.6 Å². The number of unbranched alkanes of at least 4 members (excludes halogenated alkanes) is 1. The maximum Gasteiger partial charge on any atom is 0.336 e. The Balaban J connectivity index is 0.000000392. The minimum absolute atomic E-state index is 0.0233. The molecule has 1 unspecified atom stereocenters. The number of nitrogens with one attached hydrogen (secondary N) is 1. The predicted molar refractivity (Wildman–Crippen MR) is 175 cm³/mol. The van der Waals surface area contributed by atoms with Gasteiger partial charge in [-0.15, -0.1) is 0 Å². The monoisotopic (exact) mass is 731 g/mol. The van der Waals surface area contributed by atoms with Gasteiger partial charge in [0.1, 0.15) is 17.9 Å². The van der Waals surface area contributed by atoms with Crippen LogP contribution in [0, 0.1) is 40.4 Å². The lowest BCUT2D eigenvalue weighted by molar-refractivity contribution is -0.199. The van der Waals surface area contributed by atoms with Crippen molar-refractivity contribution in [2.45, 2.75) is 133 Å². The number of carbonyl (C=O) groups is 5. The highest BCUT2D eigenvalue weighted by atomic mass is 79.9. The number of aliphatic carboxylic acids is 3. The van der Waals surface area contributed by atoms with E-state index in [0.717, 1.165) is 64.2 Å². The number of likely N-dealkylation sites (N-methyl/N-ethyl adjacent to an activating group) is 1. The van der Waals surface area contributed by atoms with Crippen LogP contribution in [-0.4, -0.2) is 90.9 Å². The summed E-state index contributed by atoms with van der Waals surface area (Å²) in [6.07, 6.45) is 6.92. The third-order valence-electron chi connectivity index (χ3n) is 12.1. The first-order chi connectivity index (χ1) is 21.8. The van der Waals surface area contributed by atoms with Crippen molar-refractivity contribution in [3.63, 3.8) is 0 Å². The number of hydrogen-bond acceptors (Lipinski definition) is 9. The van der Waals surface area contributed by atoms with Crippen molar-refractivity contribution in [1.29, 1.82) is 0 Å². The van der Waals surface area contributed by atoms with E-state index in [9.17, 15) is 29.1 Å². The Morgan fingerprint density at radius 3 is 2.11 bits per heavy atom. The first-order valence-corrected chi connectivity index (χ1v) is 17.9. The summed E-state index contributed by atoms with van der Waals surface area (Å²) >= 11 is 3.78. The normalized spacial score (nSPS) is 36.8. The molecule has 6 N–H and O–H groups in total. The molecule has 0 spiro atoms. The minimum atomic E-state index is -2.74. The molecule has 4 aliphatic rings. The van der Waals surface area contributed by atoms with Crippen LogP contribution in [-0.2, 0) is 28.7 Å². The molecule has 268 valence electrons. The second-order valence-corrected chi connectivity index (χ2v) is 16.2. The number of aliphatic hydroxyl groups is 2. The van der Waals surface area contributed by atoms with Gasteiger partial charge in [-0.3, -0.25) is 19.2 Å². The van der Waals surface area contributed by atoms with Crippen molar-refractivity contribution < 1.29 is 54.2 Å². The molecule has 0 aliphatic heterocycles. The van der Waals surface area contributed by atoms with E-state index in [2.05, 4.69) is 42.0 Å². The number of Topliss-reactive ketones (excluding diaryl/α,β-unsaturated/α-hetero) is 1. The average molecular weight is 733 g/mol. The summed E-state index contributed by atoms with van der Waals surface area (Å²) in [6, 6.07) is -0.277. The zero-order chi connectivity index (χ0) is 35.5. The van der Waals surface area contributed by atoms with Gasteiger partial charge in [0, 0.05) is 16.7 Å². The topological polar surface area (TPSA) is 208 Å². The molecule has 0 aromatic rings. The molecule has 0 bridgehead atoms. The van der Waals surface area contributed by atoms with E-state index in [-0.39, 0.29) is 51.7 Å². The number of alkyl halides is 1. The number of ether oxygens (including phenoxy) is 1. The standard InChI is InChI=1S/C28H46BrNO4.C6H8O7/c1-6-7-8-22(30-5)26(33)34-24-15-28(4)19(16(2)31)11-12-20(28)18-10-9-17-13-23(32)21(29)14-27(17,3)25(18)24;7-3(8)1-6(13,5(11)12)2-4(9)10/h17-25,30,32H,6-15H2,1-5H3;13H,1-2H2,(H,7,8)(H,9,10)(H,11,12)/t17-,18-,19+,20-,21-,22?,23-,24-,25+,27-,28+;/m0./s1. The summed E-state index contributed by atoms with van der Waals surface area (Å²) in [5, 5.41) is 47.6. The van der Waals surface area contributed by atoms with E-state index in [1.54, 1.807) is 6.92 Å². The quantitative estimate of drug-likeness (QED) is 0.124. The molecular weight excluding hydrogens is 678 g/mol. The largest absolute Gasteiger partial charge is 0.481 e. The summed E-state index contributed by atoms with van der Waals surface area (Å²) in [7, 11) is 1.85. The van der Waals surface area contributed by atoms with Gasteiger partial charge in [-0.05, 0) is 93.9 Å². The number of rotatable bonds is 12. The fourth-order valence-corrected chi connectivity index (χ4v) is 10.8. The molecule has 0 amide bonds. The van der Waals surface area contributed by atoms with Gasteiger partial charge in [0.25, 0.3) is 0 Å². The number of carboxylic acid groups (broad SMARTS) is 3. The van der Waals surface area contributed by atoms with Crippen molar-refractivity contribution in [2.75, 3.05) is 7.05 Å². The fourth-order valence-electron chi connectivity index (χ4n) is 9.84. The smallest absolute Gasteiger partial charge is 0.336 e. The highest BCUT2D eigenvalue weighted by Gasteiger charge is 2.65. The Bertz CT molecular complexity index is 1160. The maximum atomic E-state index is 13.4. The molecule has 47 heavy (non-hydrogen) atoms. The lowest BCUT2D eigenvalue weighted by atomic mass is 9.43. The number of fused-ring (bicyclic) bond motifs is 5. The molecule has 0 saturated heterocycles. The van der Waals surface area contributed by atoms with Crippen LogP contribution in [0.4, 0.5) is 0 Å². The number of esters is 1. The van der Waals surface area contributed by atoms with Crippen LogP contribution in [0.2, 0.25) is 0 Å². The van der Waals surface area contributed by atoms with E-state index in [0.29, 0.717) is 23.5 Å². The second-order valence-electron chi connectivity index (χ2n) is 15.0. The van der Waals surface area contributed by atoms with E-state index >= 15 is 0 Å². The van der Waals surface area contributed by atoms with E-state index in [1.165, 1.54) is 0 Å². The Labute approximate surface area is 285 Å². The van der Waals surface area contributed by atoms with Crippen molar-refractivity contribution >= 4 is 45.6 Å². The molecule has 13 heteroatoms. The molecule has 0 aromatic carbocycles. The van der Waals surface area contributed by atoms with Crippen molar-refractivity contribution in [3.8, 4) is 0 Å². The zero-order valence-corrected chi connectivity index (χ0v) is 29.8. The lowest BCUT2D eigenvalue weighted by Gasteiger charge is -2.63. The molecule has 11 atom stereocenters. The van der Waals surface area contributed by atoms with Gasteiger partial charge in [-0.25, -0.2) is 4.79 Å². The molecule has 0 radical (unpaired) electrons. The molecule has 4 rings (SSSR count). The number of hydrogen-bond donors (Lipinski definition) is 6.